The van der Waals surface area contributed by atoms with Crippen LogP contribution in [0, 0.1) is 0 Å². The highest BCUT2D eigenvalue weighted by Crippen LogP contribution is 2.41. The highest BCUT2D eigenvalue weighted by Gasteiger charge is 2.27. The molecule has 1 aromatic carbocycles. The fourth-order valence-corrected chi connectivity index (χ4v) is 1.84. The maximum atomic E-state index is 9.37. The molecule has 0 radical (unpaired) electrons. The van der Waals surface area contributed by atoms with Gasteiger partial charge in [0.1, 0.15) is 5.75 Å². The summed E-state index contributed by atoms with van der Waals surface area (Å²) in [4.78, 5) is 0. The van der Waals surface area contributed by atoms with Crippen LogP contribution in [-0.4, -0.2) is 16.8 Å². The van der Waals surface area contributed by atoms with Gasteiger partial charge in [-0.05, 0) is 36.0 Å². The van der Waals surface area contributed by atoms with E-state index in [0.29, 0.717) is 11.7 Å². The Bertz CT molecular complexity index is 294. The van der Waals surface area contributed by atoms with Gasteiger partial charge in [0.05, 0.1) is 0 Å². The molecule has 0 aromatic heterocycles. The SMILES string of the molecule is OCCC1Cc2c(O)cccc21. The van der Waals surface area contributed by atoms with Crippen molar-refractivity contribution < 1.29 is 10.2 Å². The molecule has 64 valence electrons. The Morgan fingerprint density at radius 3 is 3.00 bits per heavy atom. The third-order valence-electron chi connectivity index (χ3n) is 2.56. The monoisotopic (exact) mass is 164 g/mol. The Morgan fingerprint density at radius 1 is 1.42 bits per heavy atom. The second kappa shape index (κ2) is 2.79. The Labute approximate surface area is 71.5 Å². The zero-order valence-electron chi connectivity index (χ0n) is 6.83. The molecule has 2 heteroatoms. The number of hydrogen-bond donors (Lipinski definition) is 2. The predicted molar refractivity (Wildman–Crippen MR) is 46.3 cm³/mol. The van der Waals surface area contributed by atoms with Crippen molar-refractivity contribution in [2.75, 3.05) is 6.61 Å². The van der Waals surface area contributed by atoms with Crippen molar-refractivity contribution in [2.24, 2.45) is 0 Å². The van der Waals surface area contributed by atoms with Crippen molar-refractivity contribution in [1.82, 2.24) is 0 Å². The number of fused-ring (bicyclic) bond motifs is 1. The van der Waals surface area contributed by atoms with Crippen LogP contribution in [0.3, 0.4) is 0 Å². The quantitative estimate of drug-likeness (QED) is 0.694. The van der Waals surface area contributed by atoms with Crippen LogP contribution in [0.4, 0.5) is 0 Å². The van der Waals surface area contributed by atoms with E-state index in [0.717, 1.165) is 18.4 Å². The summed E-state index contributed by atoms with van der Waals surface area (Å²) < 4.78 is 0. The molecule has 0 heterocycles. The molecule has 1 aromatic rings. The highest BCUT2D eigenvalue weighted by atomic mass is 16.3. The molecular formula is C10H12O2. The second-order valence-electron chi connectivity index (χ2n) is 3.26. The summed E-state index contributed by atoms with van der Waals surface area (Å²) in [6.07, 6.45) is 1.74. The number of phenols is 1. The van der Waals surface area contributed by atoms with Crippen molar-refractivity contribution >= 4 is 0 Å². The number of benzene rings is 1. The molecule has 12 heavy (non-hydrogen) atoms. The number of rotatable bonds is 2. The number of aliphatic hydroxyl groups is 1. The fraction of sp³-hybridized carbons (Fsp3) is 0.400. The van der Waals surface area contributed by atoms with Gasteiger partial charge in [-0.2, -0.15) is 0 Å². The molecule has 0 fully saturated rings. The minimum Gasteiger partial charge on any atom is -0.508 e. The van der Waals surface area contributed by atoms with Gasteiger partial charge in [-0.1, -0.05) is 12.1 Å². The molecular weight excluding hydrogens is 152 g/mol. The Hall–Kier alpha value is -1.02. The Kier molecular flexibility index (Phi) is 1.77. The first-order valence-corrected chi connectivity index (χ1v) is 4.24. The summed E-state index contributed by atoms with van der Waals surface area (Å²) in [5, 5.41) is 18.1. The van der Waals surface area contributed by atoms with Gasteiger partial charge in [0, 0.05) is 6.61 Å². The minimum absolute atomic E-state index is 0.236. The van der Waals surface area contributed by atoms with Gasteiger partial charge >= 0.3 is 0 Å². The van der Waals surface area contributed by atoms with Crippen molar-refractivity contribution in [3.05, 3.63) is 29.3 Å². The van der Waals surface area contributed by atoms with Crippen LogP contribution in [0.2, 0.25) is 0 Å². The molecule has 1 aliphatic carbocycles. The lowest BCUT2D eigenvalue weighted by molar-refractivity contribution is 0.268. The summed E-state index contributed by atoms with van der Waals surface area (Å²) in [6, 6.07) is 5.60. The van der Waals surface area contributed by atoms with E-state index in [9.17, 15) is 5.11 Å². The van der Waals surface area contributed by atoms with Crippen LogP contribution in [0.5, 0.6) is 5.75 Å². The van der Waals surface area contributed by atoms with Crippen LogP contribution < -0.4 is 0 Å². The summed E-state index contributed by atoms with van der Waals surface area (Å²) in [6.45, 7) is 0.236. The topological polar surface area (TPSA) is 40.5 Å². The van der Waals surface area contributed by atoms with E-state index >= 15 is 0 Å². The minimum atomic E-state index is 0.236. The Morgan fingerprint density at radius 2 is 2.25 bits per heavy atom. The predicted octanol–water partition coefficient (Wildman–Crippen LogP) is 1.41. The van der Waals surface area contributed by atoms with Crippen LogP contribution in [0.25, 0.3) is 0 Å². The maximum absolute atomic E-state index is 9.37. The zero-order valence-corrected chi connectivity index (χ0v) is 6.83. The third kappa shape index (κ3) is 0.994. The molecule has 2 nitrogen and oxygen atoms in total. The summed E-state index contributed by atoms with van der Waals surface area (Å²) in [5.74, 6) is 0.874. The molecule has 0 spiro atoms. The molecule has 2 rings (SSSR count). The average Bonchev–Trinajstić information content (AvgIpc) is 2.04. The number of aliphatic hydroxyl groups excluding tert-OH is 1. The summed E-state index contributed by atoms with van der Waals surface area (Å²) in [7, 11) is 0. The molecule has 1 unspecified atom stereocenters. The number of aromatic hydroxyl groups is 1. The lowest BCUT2D eigenvalue weighted by Crippen LogP contribution is -2.18. The van der Waals surface area contributed by atoms with E-state index in [1.54, 1.807) is 6.07 Å². The Balaban J connectivity index is 2.24. The van der Waals surface area contributed by atoms with Crippen molar-refractivity contribution in [3.63, 3.8) is 0 Å². The van der Waals surface area contributed by atoms with Gasteiger partial charge in [-0.3, -0.25) is 0 Å². The molecule has 0 amide bonds. The van der Waals surface area contributed by atoms with Gasteiger partial charge in [-0.15, -0.1) is 0 Å². The van der Waals surface area contributed by atoms with Crippen molar-refractivity contribution in [2.45, 2.75) is 18.8 Å². The van der Waals surface area contributed by atoms with Gasteiger partial charge in [0.15, 0.2) is 0 Å². The van der Waals surface area contributed by atoms with E-state index in [-0.39, 0.29) is 6.61 Å². The lowest BCUT2D eigenvalue weighted by atomic mass is 9.75. The van der Waals surface area contributed by atoms with E-state index in [4.69, 9.17) is 5.11 Å². The highest BCUT2D eigenvalue weighted by molar-refractivity contribution is 5.48. The van der Waals surface area contributed by atoms with E-state index in [2.05, 4.69) is 0 Å². The standard InChI is InChI=1S/C10H12O2/c11-5-4-7-6-9-8(7)2-1-3-10(9)12/h1-3,7,11-12H,4-6H2. The second-order valence-corrected chi connectivity index (χ2v) is 3.26. The van der Waals surface area contributed by atoms with Crippen molar-refractivity contribution in [3.8, 4) is 5.75 Å². The van der Waals surface area contributed by atoms with Gasteiger partial charge < -0.3 is 10.2 Å². The van der Waals surface area contributed by atoms with E-state index < -0.39 is 0 Å². The molecule has 0 saturated carbocycles. The third-order valence-corrected chi connectivity index (χ3v) is 2.56. The molecule has 2 N–H and O–H groups in total. The molecule has 0 aliphatic heterocycles. The van der Waals surface area contributed by atoms with Crippen molar-refractivity contribution in [1.29, 1.82) is 0 Å². The van der Waals surface area contributed by atoms with Crippen LogP contribution in [0.1, 0.15) is 23.5 Å². The first kappa shape index (κ1) is 7.62. The first-order valence-electron chi connectivity index (χ1n) is 4.24. The average molecular weight is 164 g/mol. The largest absolute Gasteiger partial charge is 0.508 e. The van der Waals surface area contributed by atoms with Crippen LogP contribution in [0.15, 0.2) is 18.2 Å². The molecule has 1 atom stereocenters. The van der Waals surface area contributed by atoms with Gasteiger partial charge in [0.25, 0.3) is 0 Å². The zero-order chi connectivity index (χ0) is 8.55. The van der Waals surface area contributed by atoms with Gasteiger partial charge in [-0.25, -0.2) is 0 Å². The van der Waals surface area contributed by atoms with E-state index in [1.165, 1.54) is 5.56 Å². The fourth-order valence-electron chi connectivity index (χ4n) is 1.84. The lowest BCUT2D eigenvalue weighted by Gasteiger charge is -2.30. The van der Waals surface area contributed by atoms with E-state index in [1.807, 2.05) is 12.1 Å². The van der Waals surface area contributed by atoms with Gasteiger partial charge in [0.2, 0.25) is 0 Å². The summed E-state index contributed by atoms with van der Waals surface area (Å²) >= 11 is 0. The smallest absolute Gasteiger partial charge is 0.119 e. The first-order chi connectivity index (χ1) is 5.83. The molecule has 1 aliphatic rings. The maximum Gasteiger partial charge on any atom is 0.119 e. The number of phenolic OH excluding ortho intramolecular Hbond substituents is 1. The molecule has 0 bridgehead atoms. The molecule has 0 saturated heterocycles. The number of hydrogen-bond acceptors (Lipinski definition) is 2. The summed E-state index contributed by atoms with van der Waals surface area (Å²) in [5.41, 5.74) is 2.28. The van der Waals surface area contributed by atoms with Crippen LogP contribution >= 0.6 is 0 Å². The van der Waals surface area contributed by atoms with Crippen LogP contribution in [-0.2, 0) is 6.42 Å². The normalized spacial score (nSPS) is 19.9.